The van der Waals surface area contributed by atoms with Crippen LogP contribution in [0.4, 0.5) is 5.69 Å². The number of carboxylic acid groups (broad SMARTS) is 1. The molecule has 0 saturated carbocycles. The molecule has 0 amide bonds. The summed E-state index contributed by atoms with van der Waals surface area (Å²) in [5.41, 5.74) is 2.02. The number of hydrogen-bond donors (Lipinski definition) is 2. The number of rotatable bonds is 4. The van der Waals surface area contributed by atoms with Crippen molar-refractivity contribution in [2.24, 2.45) is 0 Å². The van der Waals surface area contributed by atoms with Crippen LogP contribution in [0.15, 0.2) is 42.5 Å². The third-order valence-corrected chi connectivity index (χ3v) is 4.68. The van der Waals surface area contributed by atoms with Gasteiger partial charge < -0.3 is 10.4 Å². The second-order valence-corrected chi connectivity index (χ2v) is 6.64. The predicted octanol–water partition coefficient (Wildman–Crippen LogP) is 4.16. The molecular formula is C18H15Cl2NO3. The van der Waals surface area contributed by atoms with Gasteiger partial charge in [-0.2, -0.15) is 0 Å². The van der Waals surface area contributed by atoms with Crippen LogP contribution in [0.2, 0.25) is 10.0 Å². The lowest BCUT2D eigenvalue weighted by molar-refractivity contribution is -0.138. The van der Waals surface area contributed by atoms with Gasteiger partial charge in [0.2, 0.25) is 0 Å². The fourth-order valence-corrected chi connectivity index (χ4v) is 3.66. The average Bonchev–Trinajstić information content (AvgIpc) is 2.54. The smallest absolute Gasteiger partial charge is 0.326 e. The molecule has 0 saturated heterocycles. The van der Waals surface area contributed by atoms with Crippen LogP contribution in [0.1, 0.15) is 23.5 Å². The summed E-state index contributed by atoms with van der Waals surface area (Å²) >= 11 is 12.3. The summed E-state index contributed by atoms with van der Waals surface area (Å²) in [6, 6.07) is 11.7. The van der Waals surface area contributed by atoms with Crippen LogP contribution >= 0.6 is 23.2 Å². The molecule has 0 aromatic heterocycles. The van der Waals surface area contributed by atoms with Crippen molar-refractivity contribution in [3.63, 3.8) is 0 Å². The van der Waals surface area contributed by atoms with E-state index in [9.17, 15) is 14.7 Å². The lowest BCUT2D eigenvalue weighted by Crippen LogP contribution is -2.37. The zero-order chi connectivity index (χ0) is 17.3. The topological polar surface area (TPSA) is 66.4 Å². The molecule has 0 aliphatic carbocycles. The SMILES string of the molecule is O=C(O)[C@@H]1C[C@H](C(=O)Cc2ccccc2)c2c(Cl)cc(Cl)cc2N1. The van der Waals surface area contributed by atoms with Gasteiger partial charge >= 0.3 is 5.97 Å². The second-order valence-electron chi connectivity index (χ2n) is 5.80. The highest BCUT2D eigenvalue weighted by Gasteiger charge is 2.36. The van der Waals surface area contributed by atoms with Gasteiger partial charge in [-0.3, -0.25) is 4.79 Å². The third-order valence-electron chi connectivity index (χ3n) is 4.15. The molecule has 0 fully saturated rings. The highest BCUT2D eigenvalue weighted by molar-refractivity contribution is 6.36. The molecule has 0 spiro atoms. The van der Waals surface area contributed by atoms with Crippen molar-refractivity contribution < 1.29 is 14.7 Å². The molecule has 2 aromatic carbocycles. The van der Waals surface area contributed by atoms with Crippen molar-refractivity contribution in [2.75, 3.05) is 5.32 Å². The molecule has 1 aliphatic heterocycles. The summed E-state index contributed by atoms with van der Waals surface area (Å²) in [6.07, 6.45) is 0.394. The van der Waals surface area contributed by atoms with E-state index in [1.54, 1.807) is 12.1 Å². The van der Waals surface area contributed by atoms with Crippen LogP contribution in [0.3, 0.4) is 0 Å². The number of carbonyl (C=O) groups excluding carboxylic acids is 1. The summed E-state index contributed by atoms with van der Waals surface area (Å²) < 4.78 is 0. The quantitative estimate of drug-likeness (QED) is 0.855. The molecule has 1 aliphatic rings. The first kappa shape index (κ1) is 16.8. The number of ketones is 1. The number of carboxylic acids is 1. The van der Waals surface area contributed by atoms with E-state index < -0.39 is 17.9 Å². The standard InChI is InChI=1S/C18H15Cl2NO3/c19-11-7-13(20)17-12(9-15(18(23)24)21-14(17)8-11)16(22)6-10-4-2-1-3-5-10/h1-5,7-8,12,15,21H,6,9H2,(H,23,24)/t12-,15+/m1/s1. The Labute approximate surface area is 149 Å². The Morgan fingerprint density at radius 3 is 2.54 bits per heavy atom. The van der Waals surface area contributed by atoms with E-state index in [0.717, 1.165) is 5.56 Å². The minimum absolute atomic E-state index is 0.0561. The number of hydrogen-bond acceptors (Lipinski definition) is 3. The first-order valence-corrected chi connectivity index (χ1v) is 8.26. The highest BCUT2D eigenvalue weighted by atomic mass is 35.5. The molecular weight excluding hydrogens is 349 g/mol. The monoisotopic (exact) mass is 363 g/mol. The maximum absolute atomic E-state index is 12.8. The molecule has 3 rings (SSSR count). The van der Waals surface area contributed by atoms with E-state index in [0.29, 0.717) is 21.3 Å². The molecule has 1 heterocycles. The van der Waals surface area contributed by atoms with Gasteiger partial charge in [-0.15, -0.1) is 0 Å². The molecule has 2 aromatic rings. The summed E-state index contributed by atoms with van der Waals surface area (Å²) in [5.74, 6) is -1.64. The molecule has 0 unspecified atom stereocenters. The number of benzene rings is 2. The zero-order valence-electron chi connectivity index (χ0n) is 12.6. The molecule has 24 heavy (non-hydrogen) atoms. The van der Waals surface area contributed by atoms with Gasteiger partial charge in [-0.25, -0.2) is 4.79 Å². The first-order chi connectivity index (χ1) is 11.5. The van der Waals surface area contributed by atoms with Crippen LogP contribution in [-0.2, 0) is 16.0 Å². The van der Waals surface area contributed by atoms with Crippen LogP contribution in [-0.4, -0.2) is 22.9 Å². The van der Waals surface area contributed by atoms with Crippen molar-refractivity contribution in [3.05, 3.63) is 63.6 Å². The number of fused-ring (bicyclic) bond motifs is 1. The highest BCUT2D eigenvalue weighted by Crippen LogP contribution is 2.41. The van der Waals surface area contributed by atoms with Gasteiger partial charge in [-0.1, -0.05) is 53.5 Å². The maximum atomic E-state index is 12.8. The van der Waals surface area contributed by atoms with E-state index in [-0.39, 0.29) is 18.6 Å². The second kappa shape index (κ2) is 6.83. The van der Waals surface area contributed by atoms with Gasteiger partial charge in [0.05, 0.1) is 0 Å². The summed E-state index contributed by atoms with van der Waals surface area (Å²) in [6.45, 7) is 0. The molecule has 0 bridgehead atoms. The lowest BCUT2D eigenvalue weighted by atomic mass is 9.82. The molecule has 6 heteroatoms. The minimum Gasteiger partial charge on any atom is -0.480 e. The van der Waals surface area contributed by atoms with E-state index >= 15 is 0 Å². The molecule has 2 N–H and O–H groups in total. The summed E-state index contributed by atoms with van der Waals surface area (Å²) in [5, 5.41) is 13.0. The summed E-state index contributed by atoms with van der Waals surface area (Å²) in [7, 11) is 0. The number of Topliss-reactive ketones (excluding diaryl/α,β-unsaturated/α-hetero) is 1. The zero-order valence-corrected chi connectivity index (χ0v) is 14.1. The number of nitrogens with one attached hydrogen (secondary N) is 1. The van der Waals surface area contributed by atoms with Crippen LogP contribution in [0.25, 0.3) is 0 Å². The van der Waals surface area contributed by atoms with Crippen LogP contribution < -0.4 is 5.32 Å². The Morgan fingerprint density at radius 2 is 1.88 bits per heavy atom. The fourth-order valence-electron chi connectivity index (χ4n) is 3.03. The first-order valence-electron chi connectivity index (χ1n) is 7.50. The van der Waals surface area contributed by atoms with Crippen LogP contribution in [0.5, 0.6) is 0 Å². The fraction of sp³-hybridized carbons (Fsp3) is 0.222. The Bertz CT molecular complexity index is 792. The van der Waals surface area contributed by atoms with Gasteiger partial charge in [-0.05, 0) is 24.1 Å². The van der Waals surface area contributed by atoms with Crippen molar-refractivity contribution in [2.45, 2.75) is 24.8 Å². The van der Waals surface area contributed by atoms with E-state index in [2.05, 4.69) is 5.32 Å². The van der Waals surface area contributed by atoms with Gasteiger partial charge in [0.25, 0.3) is 0 Å². The van der Waals surface area contributed by atoms with Crippen molar-refractivity contribution in [1.29, 1.82) is 0 Å². The van der Waals surface area contributed by atoms with Crippen molar-refractivity contribution in [3.8, 4) is 0 Å². The van der Waals surface area contributed by atoms with Crippen LogP contribution in [0, 0.1) is 0 Å². The number of anilines is 1. The Balaban J connectivity index is 1.97. The van der Waals surface area contributed by atoms with E-state index in [4.69, 9.17) is 23.2 Å². The minimum atomic E-state index is -1.01. The largest absolute Gasteiger partial charge is 0.480 e. The van der Waals surface area contributed by atoms with Gasteiger partial charge in [0.15, 0.2) is 0 Å². The molecule has 124 valence electrons. The summed E-state index contributed by atoms with van der Waals surface area (Å²) in [4.78, 5) is 24.2. The van der Waals surface area contributed by atoms with Crippen molar-refractivity contribution in [1.82, 2.24) is 0 Å². The number of carbonyl (C=O) groups is 2. The van der Waals surface area contributed by atoms with E-state index in [1.807, 2.05) is 30.3 Å². The average molecular weight is 364 g/mol. The number of aliphatic carboxylic acids is 1. The molecule has 2 atom stereocenters. The third kappa shape index (κ3) is 3.40. The van der Waals surface area contributed by atoms with E-state index in [1.165, 1.54) is 0 Å². The Kier molecular flexibility index (Phi) is 4.78. The Morgan fingerprint density at radius 1 is 1.17 bits per heavy atom. The Hall–Kier alpha value is -2.04. The van der Waals surface area contributed by atoms with Crippen molar-refractivity contribution >= 4 is 40.6 Å². The normalized spacial score (nSPS) is 19.2. The lowest BCUT2D eigenvalue weighted by Gasteiger charge is -2.31. The predicted molar refractivity (Wildman–Crippen MR) is 94.0 cm³/mol. The number of halogens is 2. The molecule has 0 radical (unpaired) electrons. The maximum Gasteiger partial charge on any atom is 0.326 e. The van der Waals surface area contributed by atoms with Gasteiger partial charge in [0, 0.05) is 33.6 Å². The molecule has 4 nitrogen and oxygen atoms in total. The van der Waals surface area contributed by atoms with Gasteiger partial charge in [0.1, 0.15) is 11.8 Å².